The smallest absolute Gasteiger partial charge is 0.125 e. The number of nitrogen functional groups attached to an aromatic ring is 1. The normalized spacial score (nSPS) is 9.44. The lowest BCUT2D eigenvalue weighted by Gasteiger charge is -2.06. The summed E-state index contributed by atoms with van der Waals surface area (Å²) in [7, 11) is 0. The van der Waals surface area contributed by atoms with Gasteiger partial charge in [0.05, 0.1) is 11.6 Å². The number of aromatic nitrogens is 1. The van der Waals surface area contributed by atoms with Gasteiger partial charge < -0.3 is 11.1 Å². The number of rotatable bonds is 2. The number of anilines is 3. The van der Waals surface area contributed by atoms with Gasteiger partial charge >= 0.3 is 0 Å². The minimum absolute atomic E-state index is 0.460. The van der Waals surface area contributed by atoms with Crippen LogP contribution >= 0.6 is 0 Å². The molecule has 0 aliphatic rings. The predicted octanol–water partition coefficient (Wildman–Crippen LogP) is 2.28. The van der Waals surface area contributed by atoms with Crippen LogP contribution in [0.3, 0.4) is 0 Å². The molecule has 0 saturated heterocycles. The topological polar surface area (TPSA) is 74.7 Å². The van der Waals surface area contributed by atoms with Gasteiger partial charge in [-0.3, -0.25) is 0 Å². The molecule has 0 aliphatic heterocycles. The highest BCUT2D eigenvalue weighted by atomic mass is 14.9. The number of nitrogens with two attached hydrogens (primary N) is 1. The largest absolute Gasteiger partial charge is 0.384 e. The van der Waals surface area contributed by atoms with Crippen molar-refractivity contribution in [1.29, 1.82) is 5.26 Å². The zero-order valence-electron chi connectivity index (χ0n) is 8.51. The molecule has 78 valence electrons. The molecule has 4 nitrogen and oxygen atoms in total. The second-order valence-corrected chi connectivity index (χ2v) is 3.29. The summed E-state index contributed by atoms with van der Waals surface area (Å²) >= 11 is 0. The van der Waals surface area contributed by atoms with E-state index in [0.29, 0.717) is 11.4 Å². The summed E-state index contributed by atoms with van der Waals surface area (Å²) in [6.45, 7) is 0. The van der Waals surface area contributed by atoms with Gasteiger partial charge in [0.15, 0.2) is 0 Å². The van der Waals surface area contributed by atoms with Gasteiger partial charge in [0.1, 0.15) is 5.82 Å². The molecule has 2 aromatic rings. The second-order valence-electron chi connectivity index (χ2n) is 3.29. The van der Waals surface area contributed by atoms with Gasteiger partial charge in [0.25, 0.3) is 0 Å². The molecule has 16 heavy (non-hydrogen) atoms. The average molecular weight is 210 g/mol. The molecule has 0 amide bonds. The van der Waals surface area contributed by atoms with E-state index in [1.807, 2.05) is 18.2 Å². The van der Waals surface area contributed by atoms with Gasteiger partial charge in [0.2, 0.25) is 0 Å². The Labute approximate surface area is 93.4 Å². The van der Waals surface area contributed by atoms with Crippen LogP contribution in [0.2, 0.25) is 0 Å². The van der Waals surface area contributed by atoms with Gasteiger partial charge in [-0.2, -0.15) is 5.26 Å². The molecule has 0 aliphatic carbocycles. The summed E-state index contributed by atoms with van der Waals surface area (Å²) in [5.41, 5.74) is 7.88. The van der Waals surface area contributed by atoms with Crippen LogP contribution in [0.15, 0.2) is 42.6 Å². The van der Waals surface area contributed by atoms with Gasteiger partial charge in [-0.25, -0.2) is 4.98 Å². The van der Waals surface area contributed by atoms with Gasteiger partial charge in [0, 0.05) is 23.6 Å². The Bertz CT molecular complexity index is 543. The van der Waals surface area contributed by atoms with Crippen LogP contribution < -0.4 is 11.1 Å². The summed E-state index contributed by atoms with van der Waals surface area (Å²) in [5.74, 6) is 0.460. The third kappa shape index (κ3) is 2.28. The Balaban J connectivity index is 2.24. The predicted molar refractivity (Wildman–Crippen MR) is 63.1 cm³/mol. The van der Waals surface area contributed by atoms with E-state index in [4.69, 9.17) is 11.0 Å². The van der Waals surface area contributed by atoms with Crippen LogP contribution in [-0.2, 0) is 0 Å². The molecule has 0 radical (unpaired) electrons. The molecule has 0 unspecified atom stereocenters. The molecule has 3 N–H and O–H groups in total. The Hall–Kier alpha value is -2.54. The fourth-order valence-electron chi connectivity index (χ4n) is 1.36. The fourth-order valence-corrected chi connectivity index (χ4v) is 1.36. The summed E-state index contributed by atoms with van der Waals surface area (Å²) < 4.78 is 0. The average Bonchev–Trinajstić information content (AvgIpc) is 2.29. The molecule has 0 saturated carbocycles. The number of nitriles is 1. The van der Waals surface area contributed by atoms with Crippen LogP contribution in [0, 0.1) is 11.3 Å². The van der Waals surface area contributed by atoms with E-state index < -0.39 is 0 Å². The zero-order chi connectivity index (χ0) is 11.4. The maximum Gasteiger partial charge on any atom is 0.125 e. The quantitative estimate of drug-likeness (QED) is 0.797. The minimum Gasteiger partial charge on any atom is -0.384 e. The molecule has 1 heterocycles. The molecular formula is C12H10N4. The molecular weight excluding hydrogens is 200 g/mol. The Morgan fingerprint density at radius 1 is 1.19 bits per heavy atom. The summed E-state index contributed by atoms with van der Waals surface area (Å²) in [6, 6.07) is 12.9. The van der Waals surface area contributed by atoms with Crippen LogP contribution in [-0.4, -0.2) is 4.98 Å². The Kier molecular flexibility index (Phi) is 2.70. The maximum atomic E-state index is 8.76. The fraction of sp³-hybridized carbons (Fsp3) is 0. The standard InChI is InChI=1S/C12H10N4/c13-8-9-2-1-3-10(6-9)16-11-4-5-15-12(14)7-11/h1-7H,(H3,14,15,16). The third-order valence-corrected chi connectivity index (χ3v) is 2.06. The van der Waals surface area contributed by atoms with Crippen LogP contribution in [0.25, 0.3) is 0 Å². The lowest BCUT2D eigenvalue weighted by atomic mass is 10.2. The molecule has 0 atom stereocenters. The molecule has 2 rings (SSSR count). The lowest BCUT2D eigenvalue weighted by molar-refractivity contribution is 1.33. The zero-order valence-corrected chi connectivity index (χ0v) is 8.51. The number of pyridine rings is 1. The van der Waals surface area contributed by atoms with Crippen molar-refractivity contribution < 1.29 is 0 Å². The first-order valence-electron chi connectivity index (χ1n) is 4.76. The number of nitrogens with one attached hydrogen (secondary N) is 1. The number of nitrogens with zero attached hydrogens (tertiary/aromatic N) is 2. The molecule has 4 heteroatoms. The van der Waals surface area contributed by atoms with E-state index in [2.05, 4.69) is 16.4 Å². The maximum absolute atomic E-state index is 8.76. The minimum atomic E-state index is 0.460. The molecule has 1 aromatic heterocycles. The number of hydrogen-bond acceptors (Lipinski definition) is 4. The van der Waals surface area contributed by atoms with E-state index in [1.165, 1.54) is 0 Å². The molecule has 0 bridgehead atoms. The monoisotopic (exact) mass is 210 g/mol. The van der Waals surface area contributed by atoms with Crippen molar-refractivity contribution in [2.45, 2.75) is 0 Å². The van der Waals surface area contributed by atoms with Crippen molar-refractivity contribution in [2.24, 2.45) is 0 Å². The summed E-state index contributed by atoms with van der Waals surface area (Å²) in [6.07, 6.45) is 1.63. The summed E-state index contributed by atoms with van der Waals surface area (Å²) in [4.78, 5) is 3.90. The van der Waals surface area contributed by atoms with Gasteiger partial charge in [-0.1, -0.05) is 6.07 Å². The first-order chi connectivity index (χ1) is 7.78. The molecule has 0 fully saturated rings. The van der Waals surface area contributed by atoms with E-state index in [0.717, 1.165) is 11.4 Å². The van der Waals surface area contributed by atoms with Crippen molar-refractivity contribution in [3.63, 3.8) is 0 Å². The first kappa shape index (κ1) is 9.99. The van der Waals surface area contributed by atoms with Crippen molar-refractivity contribution in [2.75, 3.05) is 11.1 Å². The highest BCUT2D eigenvalue weighted by Crippen LogP contribution is 2.18. The van der Waals surface area contributed by atoms with Gasteiger partial charge in [-0.05, 0) is 24.3 Å². The second kappa shape index (κ2) is 4.32. The van der Waals surface area contributed by atoms with Crippen LogP contribution in [0.4, 0.5) is 17.2 Å². The SMILES string of the molecule is N#Cc1cccc(Nc2ccnc(N)c2)c1. The highest BCUT2D eigenvalue weighted by molar-refractivity contribution is 5.63. The van der Waals surface area contributed by atoms with E-state index >= 15 is 0 Å². The van der Waals surface area contributed by atoms with Crippen molar-refractivity contribution in [3.05, 3.63) is 48.2 Å². The first-order valence-corrected chi connectivity index (χ1v) is 4.76. The lowest BCUT2D eigenvalue weighted by Crippen LogP contribution is -1.94. The number of benzene rings is 1. The van der Waals surface area contributed by atoms with Crippen LogP contribution in [0.1, 0.15) is 5.56 Å². The van der Waals surface area contributed by atoms with E-state index in [-0.39, 0.29) is 0 Å². The van der Waals surface area contributed by atoms with Gasteiger partial charge in [-0.15, -0.1) is 0 Å². The molecule has 1 aromatic carbocycles. The Morgan fingerprint density at radius 3 is 2.75 bits per heavy atom. The number of hydrogen-bond donors (Lipinski definition) is 2. The van der Waals surface area contributed by atoms with Crippen LogP contribution in [0.5, 0.6) is 0 Å². The Morgan fingerprint density at radius 2 is 2.00 bits per heavy atom. The van der Waals surface area contributed by atoms with E-state index in [1.54, 1.807) is 24.4 Å². The molecule has 0 spiro atoms. The van der Waals surface area contributed by atoms with Crippen molar-refractivity contribution in [3.8, 4) is 6.07 Å². The third-order valence-electron chi connectivity index (χ3n) is 2.06. The van der Waals surface area contributed by atoms with E-state index in [9.17, 15) is 0 Å². The van der Waals surface area contributed by atoms with Crippen molar-refractivity contribution in [1.82, 2.24) is 4.98 Å². The highest BCUT2D eigenvalue weighted by Gasteiger charge is 1.97. The van der Waals surface area contributed by atoms with Crippen molar-refractivity contribution >= 4 is 17.2 Å². The summed E-state index contributed by atoms with van der Waals surface area (Å²) in [5, 5.41) is 11.9.